The monoisotopic (exact) mass is 288 g/mol. The Kier molecular flexibility index (Phi) is 3.57. The van der Waals surface area contributed by atoms with Gasteiger partial charge < -0.3 is 13.8 Å². The minimum atomic E-state index is -0.0843. The lowest BCUT2D eigenvalue weighted by Crippen LogP contribution is -2.36. The number of carbonyl (C=O) groups is 1. The maximum Gasteiger partial charge on any atom is 0.260 e. The SMILES string of the molecule is CCc1noc(C)c1C(=O)N(C1CC1)C(C)c1ccco1. The van der Waals surface area contributed by atoms with Crippen molar-refractivity contribution in [1.29, 1.82) is 0 Å². The highest BCUT2D eigenvalue weighted by molar-refractivity contribution is 5.96. The summed E-state index contributed by atoms with van der Waals surface area (Å²) in [4.78, 5) is 14.9. The molecule has 1 fully saturated rings. The zero-order valence-electron chi connectivity index (χ0n) is 12.6. The van der Waals surface area contributed by atoms with Gasteiger partial charge >= 0.3 is 0 Å². The van der Waals surface area contributed by atoms with E-state index in [4.69, 9.17) is 8.94 Å². The smallest absolute Gasteiger partial charge is 0.260 e. The number of rotatable bonds is 5. The zero-order chi connectivity index (χ0) is 15.0. The van der Waals surface area contributed by atoms with Crippen molar-refractivity contribution in [3.8, 4) is 0 Å². The lowest BCUT2D eigenvalue weighted by Gasteiger charge is -2.28. The fraction of sp³-hybridized carbons (Fsp3) is 0.500. The third-order valence-corrected chi connectivity index (χ3v) is 4.03. The van der Waals surface area contributed by atoms with E-state index >= 15 is 0 Å². The van der Waals surface area contributed by atoms with Gasteiger partial charge in [0, 0.05) is 6.04 Å². The number of aromatic nitrogens is 1. The Morgan fingerprint density at radius 1 is 1.52 bits per heavy atom. The van der Waals surface area contributed by atoms with Gasteiger partial charge in [0.1, 0.15) is 17.1 Å². The molecule has 3 rings (SSSR count). The largest absolute Gasteiger partial charge is 0.467 e. The van der Waals surface area contributed by atoms with Crippen LogP contribution in [0.25, 0.3) is 0 Å². The van der Waals surface area contributed by atoms with E-state index in [1.807, 2.05) is 30.9 Å². The van der Waals surface area contributed by atoms with Crippen molar-refractivity contribution in [2.24, 2.45) is 0 Å². The molecule has 112 valence electrons. The molecule has 0 N–H and O–H groups in total. The van der Waals surface area contributed by atoms with Crippen LogP contribution in [-0.2, 0) is 6.42 Å². The summed E-state index contributed by atoms with van der Waals surface area (Å²) >= 11 is 0. The molecule has 0 bridgehead atoms. The average Bonchev–Trinajstić information content (AvgIpc) is 3.02. The lowest BCUT2D eigenvalue weighted by molar-refractivity contribution is 0.0650. The van der Waals surface area contributed by atoms with Crippen LogP contribution >= 0.6 is 0 Å². The van der Waals surface area contributed by atoms with Gasteiger partial charge in [-0.05, 0) is 45.2 Å². The van der Waals surface area contributed by atoms with E-state index in [1.54, 1.807) is 13.2 Å². The van der Waals surface area contributed by atoms with Crippen LogP contribution in [0.1, 0.15) is 60.3 Å². The van der Waals surface area contributed by atoms with E-state index in [0.29, 0.717) is 17.7 Å². The molecule has 0 aromatic carbocycles. The topological polar surface area (TPSA) is 59.5 Å². The summed E-state index contributed by atoms with van der Waals surface area (Å²) in [5.41, 5.74) is 1.35. The molecular weight excluding hydrogens is 268 g/mol. The Bertz CT molecular complexity index is 626. The number of aryl methyl sites for hydroxylation is 2. The van der Waals surface area contributed by atoms with Gasteiger partial charge in [-0.3, -0.25) is 4.79 Å². The van der Waals surface area contributed by atoms with Crippen LogP contribution in [0.15, 0.2) is 27.3 Å². The van der Waals surface area contributed by atoms with Gasteiger partial charge in [0.05, 0.1) is 18.0 Å². The van der Waals surface area contributed by atoms with Crippen LogP contribution in [0, 0.1) is 6.92 Å². The summed E-state index contributed by atoms with van der Waals surface area (Å²) in [5, 5.41) is 3.99. The van der Waals surface area contributed by atoms with Crippen molar-refractivity contribution >= 4 is 5.91 Å². The van der Waals surface area contributed by atoms with Crippen LogP contribution < -0.4 is 0 Å². The molecule has 1 amide bonds. The second kappa shape index (κ2) is 5.39. The molecular formula is C16H20N2O3. The van der Waals surface area contributed by atoms with Crippen molar-refractivity contribution in [3.63, 3.8) is 0 Å². The first kappa shape index (κ1) is 13.9. The van der Waals surface area contributed by atoms with Crippen molar-refractivity contribution < 1.29 is 13.7 Å². The summed E-state index contributed by atoms with van der Waals surface area (Å²) in [6.45, 7) is 5.77. The second-order valence-corrected chi connectivity index (χ2v) is 5.55. The Morgan fingerprint density at radius 2 is 2.29 bits per heavy atom. The molecule has 21 heavy (non-hydrogen) atoms. The highest BCUT2D eigenvalue weighted by Crippen LogP contribution is 2.36. The number of nitrogens with zero attached hydrogens (tertiary/aromatic N) is 2. The Hall–Kier alpha value is -2.04. The third-order valence-electron chi connectivity index (χ3n) is 4.03. The first-order valence-electron chi connectivity index (χ1n) is 7.44. The predicted molar refractivity (Wildman–Crippen MR) is 76.9 cm³/mol. The number of hydrogen-bond acceptors (Lipinski definition) is 4. The van der Waals surface area contributed by atoms with Crippen LogP contribution in [0.5, 0.6) is 0 Å². The number of amides is 1. The van der Waals surface area contributed by atoms with Crippen LogP contribution in [-0.4, -0.2) is 22.0 Å². The summed E-state index contributed by atoms with van der Waals surface area (Å²) < 4.78 is 10.7. The molecule has 1 aliphatic rings. The Morgan fingerprint density at radius 3 is 2.86 bits per heavy atom. The van der Waals surface area contributed by atoms with Crippen molar-refractivity contribution in [3.05, 3.63) is 41.2 Å². The lowest BCUT2D eigenvalue weighted by atomic mass is 10.1. The molecule has 0 radical (unpaired) electrons. The van der Waals surface area contributed by atoms with Crippen LogP contribution in [0.4, 0.5) is 0 Å². The molecule has 0 saturated heterocycles. The summed E-state index contributed by atoms with van der Waals surface area (Å²) in [7, 11) is 0. The van der Waals surface area contributed by atoms with E-state index < -0.39 is 0 Å². The maximum atomic E-state index is 13.0. The number of furan rings is 1. The minimum absolute atomic E-state index is 0.00278. The van der Waals surface area contributed by atoms with E-state index in [1.165, 1.54) is 0 Å². The first-order chi connectivity index (χ1) is 10.1. The Labute approximate surface area is 123 Å². The molecule has 2 aromatic heterocycles. The number of hydrogen-bond donors (Lipinski definition) is 0. The second-order valence-electron chi connectivity index (χ2n) is 5.55. The average molecular weight is 288 g/mol. The molecule has 0 aliphatic heterocycles. The quantitative estimate of drug-likeness (QED) is 0.844. The molecule has 1 unspecified atom stereocenters. The number of carbonyl (C=O) groups excluding carboxylic acids is 1. The maximum absolute atomic E-state index is 13.0. The van der Waals surface area contributed by atoms with Crippen molar-refractivity contribution in [2.75, 3.05) is 0 Å². The van der Waals surface area contributed by atoms with Gasteiger partial charge in [0.2, 0.25) is 0 Å². The van der Waals surface area contributed by atoms with Gasteiger partial charge in [-0.25, -0.2) is 0 Å². The standard InChI is InChI=1S/C16H20N2O3/c1-4-13-15(11(3)21-17-13)16(19)18(12-7-8-12)10(2)14-6-5-9-20-14/h5-6,9-10,12H,4,7-8H2,1-3H3. The van der Waals surface area contributed by atoms with Crippen molar-refractivity contribution in [2.45, 2.75) is 52.1 Å². The van der Waals surface area contributed by atoms with Crippen molar-refractivity contribution in [1.82, 2.24) is 10.1 Å². The normalized spacial score (nSPS) is 16.0. The fourth-order valence-electron chi connectivity index (χ4n) is 2.74. The summed E-state index contributed by atoms with van der Waals surface area (Å²) in [6, 6.07) is 3.97. The van der Waals surface area contributed by atoms with E-state index in [9.17, 15) is 4.79 Å². The van der Waals surface area contributed by atoms with E-state index in [2.05, 4.69) is 5.16 Å². The van der Waals surface area contributed by atoms with Gasteiger partial charge in [-0.2, -0.15) is 0 Å². The fourth-order valence-corrected chi connectivity index (χ4v) is 2.74. The van der Waals surface area contributed by atoms with Gasteiger partial charge in [-0.15, -0.1) is 0 Å². The highest BCUT2D eigenvalue weighted by Gasteiger charge is 2.39. The molecule has 1 saturated carbocycles. The third kappa shape index (κ3) is 2.48. The zero-order valence-corrected chi connectivity index (χ0v) is 12.6. The highest BCUT2D eigenvalue weighted by atomic mass is 16.5. The first-order valence-corrected chi connectivity index (χ1v) is 7.44. The van der Waals surface area contributed by atoms with E-state index in [0.717, 1.165) is 24.3 Å². The Balaban J connectivity index is 1.94. The summed E-state index contributed by atoms with van der Waals surface area (Å²) in [5.74, 6) is 1.40. The van der Waals surface area contributed by atoms with Crippen LogP contribution in [0.3, 0.4) is 0 Å². The molecule has 2 aromatic rings. The molecule has 1 atom stereocenters. The molecule has 2 heterocycles. The molecule has 5 heteroatoms. The van der Waals surface area contributed by atoms with Gasteiger partial charge in [0.25, 0.3) is 5.91 Å². The van der Waals surface area contributed by atoms with Gasteiger partial charge in [0.15, 0.2) is 0 Å². The van der Waals surface area contributed by atoms with Crippen LogP contribution in [0.2, 0.25) is 0 Å². The predicted octanol–water partition coefficient (Wildman–Crippen LogP) is 3.50. The molecule has 5 nitrogen and oxygen atoms in total. The minimum Gasteiger partial charge on any atom is -0.467 e. The molecule has 0 spiro atoms. The summed E-state index contributed by atoms with van der Waals surface area (Å²) in [6.07, 6.45) is 4.42. The molecule has 1 aliphatic carbocycles. The van der Waals surface area contributed by atoms with Gasteiger partial charge in [-0.1, -0.05) is 12.1 Å². The van der Waals surface area contributed by atoms with E-state index in [-0.39, 0.29) is 18.0 Å².